The number of benzene rings is 3. The average molecular weight is 1940 g/mol. The number of H-pyrrole nitrogens is 1. The number of aliphatic imine (C=N–C) groups is 1. The minimum Gasteiger partial charge on any atom is -0.508 e. The lowest BCUT2D eigenvalue weighted by Crippen LogP contribution is -2.61. The lowest BCUT2D eigenvalue weighted by molar-refractivity contribution is -0.149. The summed E-state index contributed by atoms with van der Waals surface area (Å²) in [5, 5.41) is 69.1. The Kier molecular flexibility index (Phi) is 40.1. The van der Waals surface area contributed by atoms with E-state index in [4.69, 9.17) is 22.9 Å². The molecule has 5 aromatic rings. The molecule has 4 aliphatic heterocycles. The number of aliphatic hydroxyl groups is 1. The first-order valence-electron chi connectivity index (χ1n) is 45.9. The zero-order valence-corrected chi connectivity index (χ0v) is 78.7. The van der Waals surface area contributed by atoms with Crippen molar-refractivity contribution in [3.63, 3.8) is 0 Å². The number of nitrogens with zero attached hydrogens (tertiary/aromatic N) is 7. The summed E-state index contributed by atoms with van der Waals surface area (Å²) in [5.41, 5.74) is 26.1. The summed E-state index contributed by atoms with van der Waals surface area (Å²) < 4.78 is 1.42. The summed E-state index contributed by atoms with van der Waals surface area (Å²) in [6, 6.07) is -3.59. The fourth-order valence-corrected chi connectivity index (χ4v) is 18.0. The number of aliphatic hydroxyl groups excluding tert-OH is 1. The van der Waals surface area contributed by atoms with Crippen molar-refractivity contribution in [3.05, 3.63) is 114 Å². The number of carbonyl (C=O) groups is 19. The molecule has 2 aromatic heterocycles. The summed E-state index contributed by atoms with van der Waals surface area (Å²) >= 11 is 0.748. The lowest BCUT2D eigenvalue weighted by Gasteiger charge is -2.36. The number of aromatic hydroxyl groups is 1. The number of carbonyl (C=O) groups excluding carboxylic acids is 17. The van der Waals surface area contributed by atoms with E-state index < -0.39 is 266 Å². The Morgan fingerprint density at radius 2 is 1.10 bits per heavy atom. The van der Waals surface area contributed by atoms with Crippen LogP contribution in [0.15, 0.2) is 102 Å². The van der Waals surface area contributed by atoms with Gasteiger partial charge in [0.1, 0.15) is 96.9 Å². The SMILES string of the molecule is CCCC[C@H]1C(=O)N(C)[C@@H](CCCC)C(=O)N[C@@H](CCN)C(=O)N[C@H](C(=O)NCC(N)=O)CSCC(=O)N[C@@H](Cc2ccc(O)cc2)C(=O)N(C)[C@@H](C)C(=O)N[C@@H](CC(N)=O)C(=O)N2CCC[C@H]2C(=O)N[C@@H](CC2=CN=CC2)C(=O)N[C@@H](CCC(=O)O)C(=O)N2C[C@H](O)C[C@H]2C(=O)N[C@@H](Cc2c[nH]c3ccccc23)C(=O)N[C@@H](CCN)C(=O)N[C@@H](Cc2cn(CC(=O)O)c3ccccc23)C(=O)N1C. The number of likely N-dealkylation sites (N-methyl/N-ethyl adjacent to an activating group) is 3. The highest BCUT2D eigenvalue weighted by atomic mass is 32.2. The zero-order chi connectivity index (χ0) is 101. The molecule has 0 spiro atoms. The smallest absolute Gasteiger partial charge is 0.323 e. The van der Waals surface area contributed by atoms with Crippen LogP contribution < -0.4 is 76.1 Å². The second-order valence-corrected chi connectivity index (χ2v) is 35.9. The summed E-state index contributed by atoms with van der Waals surface area (Å²) in [4.78, 5) is 288. The van der Waals surface area contributed by atoms with Crippen LogP contribution in [0.4, 0.5) is 0 Å². The monoisotopic (exact) mass is 1940 g/mol. The number of nitrogens with one attached hydrogen (secondary N) is 11. The first kappa shape index (κ1) is 108. The van der Waals surface area contributed by atoms with Crippen LogP contribution in [0.2, 0.25) is 0 Å². The van der Waals surface area contributed by atoms with Crippen LogP contribution in [0, 0.1) is 0 Å². The van der Waals surface area contributed by atoms with Crippen LogP contribution >= 0.6 is 11.8 Å². The number of carboxylic acid groups (broad SMARTS) is 2. The molecule has 9 rings (SSSR count). The van der Waals surface area contributed by atoms with E-state index in [9.17, 15) is 73.2 Å². The van der Waals surface area contributed by atoms with Crippen molar-refractivity contribution >= 4 is 152 Å². The predicted molar refractivity (Wildman–Crippen MR) is 503 cm³/mol. The van der Waals surface area contributed by atoms with E-state index in [0.717, 1.165) is 36.3 Å². The third-order valence-electron chi connectivity index (χ3n) is 24.7. The van der Waals surface area contributed by atoms with E-state index >= 15 is 38.4 Å². The van der Waals surface area contributed by atoms with Gasteiger partial charge >= 0.3 is 11.9 Å². The van der Waals surface area contributed by atoms with E-state index in [1.54, 1.807) is 54.7 Å². The van der Waals surface area contributed by atoms with Gasteiger partial charge in [0, 0.05) is 125 Å². The number of hydrogen-bond donors (Lipinski definition) is 19. The lowest BCUT2D eigenvalue weighted by atomic mass is 9.99. The second-order valence-electron chi connectivity index (χ2n) is 34.9. The Labute approximate surface area is 799 Å². The van der Waals surface area contributed by atoms with Gasteiger partial charge in [0.05, 0.1) is 24.8 Å². The molecule has 0 bridgehead atoms. The highest BCUT2D eigenvalue weighted by molar-refractivity contribution is 8.00. The van der Waals surface area contributed by atoms with E-state index in [-0.39, 0.29) is 96.0 Å². The van der Waals surface area contributed by atoms with Crippen LogP contribution in [0.1, 0.15) is 140 Å². The van der Waals surface area contributed by atoms with Gasteiger partial charge in [0.2, 0.25) is 100 Å². The minimum absolute atomic E-state index is 0.0402. The number of thioether (sulfide) groups is 1. The Bertz CT molecular complexity index is 5360. The fourth-order valence-electron chi connectivity index (χ4n) is 17.1. The third-order valence-corrected chi connectivity index (χ3v) is 25.7. The maximum atomic E-state index is 16.0. The molecule has 46 heteroatoms. The van der Waals surface area contributed by atoms with Crippen LogP contribution in [-0.2, 0) is 117 Å². The highest BCUT2D eigenvalue weighted by Crippen LogP contribution is 2.29. The van der Waals surface area contributed by atoms with Crippen LogP contribution in [0.3, 0.4) is 0 Å². The number of amides is 17. The Morgan fingerprint density at radius 1 is 0.543 bits per heavy atom. The highest BCUT2D eigenvalue weighted by Gasteiger charge is 2.47. The van der Waals surface area contributed by atoms with Gasteiger partial charge in [-0.05, 0) is 118 Å². The quantitative estimate of drug-likeness (QED) is 0.0233. The van der Waals surface area contributed by atoms with E-state index in [0.29, 0.717) is 63.3 Å². The predicted octanol–water partition coefficient (Wildman–Crippen LogP) is -3.33. The summed E-state index contributed by atoms with van der Waals surface area (Å²) in [7, 11) is 3.82. The number of nitrogens with two attached hydrogens (primary N) is 4. The maximum absolute atomic E-state index is 16.0. The van der Waals surface area contributed by atoms with Gasteiger partial charge in [-0.3, -0.25) is 96.1 Å². The van der Waals surface area contributed by atoms with Gasteiger partial charge in [-0.2, -0.15) is 0 Å². The number of carboxylic acids is 2. The normalized spacial score (nSPS) is 24.9. The molecule has 0 saturated carbocycles. The molecule has 748 valence electrons. The van der Waals surface area contributed by atoms with Crippen molar-refractivity contribution in [1.82, 2.24) is 87.2 Å². The summed E-state index contributed by atoms with van der Waals surface area (Å²) in [5.74, 6) is -20.7. The number of hydrogen-bond acceptors (Lipinski definition) is 25. The first-order chi connectivity index (χ1) is 65.7. The molecule has 3 aromatic carbocycles. The number of fused-ring (bicyclic) bond motifs is 4. The standard InChI is InChI=1S/C92H126N22O23S/c1-7-9-19-70-85(130)102-61(30-33-94)82(127)108-68(80(125)99-44-75(96)118)48-138-49-76(119)100-65(36-51-23-25-55(115)26-24-51)88(133)109(4)50(3)79(124)106-67(41-74(95)117)91(136)113-35-15-22-71(113)86(131)104-63(37-52-31-34-97-42-52)83(128)103-62(27-28-77(120)121)90(135)114-46-56(116)40-73(114)87(132)105-64(38-53-43-98-59-18-13-11-16-57(53)59)84(129)101-60(29-32-93)81(126)107-66(89(134)111(6)72(20-10-8-2)92(137)110(70)5)39-54-45-112(47-78(122)123)69-21-14-12-17-58(54)69/h11-14,16-18,21,23-26,34,42-43,45,50,56,60-68,70-73,98,115-116H,7-10,15,19-20,22,27-33,35-41,44,46-49,93-94H2,1-6H3,(H2,95,117)(H2,96,118)(H,99,125)(H,100,119)(H,101,129)(H,102,130)(H,103,128)(H,104,131)(H,105,132)(H,106,124)(H,107,126)(H,108,127)(H,120,121)(H,122,123)/t50-,56+,60-,61-,62-,63-,64-,65-,66-,67-,68-,70-,71-,72-,73-/m0/s1. The number of rotatable bonds is 28. The van der Waals surface area contributed by atoms with Gasteiger partial charge in [-0.1, -0.05) is 88.1 Å². The first-order valence-corrected chi connectivity index (χ1v) is 47.1. The molecule has 23 N–H and O–H groups in total. The van der Waals surface area contributed by atoms with Crippen molar-refractivity contribution in [2.24, 2.45) is 27.9 Å². The molecule has 15 atom stereocenters. The van der Waals surface area contributed by atoms with Crippen molar-refractivity contribution in [1.29, 1.82) is 0 Å². The fraction of sp³-hybridized carbons (Fsp3) is 0.522. The molecule has 0 radical (unpaired) electrons. The van der Waals surface area contributed by atoms with Gasteiger partial charge < -0.3 is 131 Å². The largest absolute Gasteiger partial charge is 0.508 e. The molecule has 0 aliphatic carbocycles. The number of primary amides is 2. The van der Waals surface area contributed by atoms with E-state index in [2.05, 4.69) is 63.1 Å². The molecule has 6 heterocycles. The molecule has 3 fully saturated rings. The van der Waals surface area contributed by atoms with Gasteiger partial charge in [-0.15, -0.1) is 11.8 Å². The van der Waals surface area contributed by atoms with Crippen molar-refractivity contribution < 1.29 is 112 Å². The Hall–Kier alpha value is -13.9. The van der Waals surface area contributed by atoms with Crippen LogP contribution in [0.5, 0.6) is 5.75 Å². The number of phenols is 1. The van der Waals surface area contributed by atoms with Gasteiger partial charge in [0.25, 0.3) is 0 Å². The van der Waals surface area contributed by atoms with Crippen LogP contribution in [-0.4, -0.2) is 329 Å². The number of phenolic OH excluding ortho intramolecular Hbond substituents is 1. The van der Waals surface area contributed by atoms with Gasteiger partial charge in [0.15, 0.2) is 0 Å². The second kappa shape index (κ2) is 51.3. The van der Waals surface area contributed by atoms with E-state index in [1.807, 2.05) is 13.8 Å². The summed E-state index contributed by atoms with van der Waals surface area (Å²) in [6.45, 7) is 2.27. The molecule has 45 nitrogen and oxygen atoms in total. The number of para-hydroxylation sites is 2. The number of aromatic nitrogens is 2. The Morgan fingerprint density at radius 3 is 1.73 bits per heavy atom. The van der Waals surface area contributed by atoms with Crippen LogP contribution in [0.25, 0.3) is 21.8 Å². The van der Waals surface area contributed by atoms with Crippen molar-refractivity contribution in [3.8, 4) is 5.75 Å². The molecule has 138 heavy (non-hydrogen) atoms. The molecule has 17 amide bonds. The molecular formula is C92H126N22O23S. The van der Waals surface area contributed by atoms with Crippen molar-refractivity contribution in [2.75, 3.05) is 65.4 Å². The van der Waals surface area contributed by atoms with Gasteiger partial charge in [-0.25, -0.2) is 0 Å². The minimum atomic E-state index is -1.84. The average Bonchev–Trinajstić information content (AvgIpc) is 1.65. The van der Waals surface area contributed by atoms with Crippen molar-refractivity contribution in [2.45, 2.75) is 240 Å². The van der Waals surface area contributed by atoms with E-state index in [1.165, 1.54) is 75.5 Å². The molecular weight excluding hydrogens is 1810 g/mol. The Balaban J connectivity index is 1.12. The molecule has 0 unspecified atom stereocenters. The molecule has 4 aliphatic rings. The topological polar surface area (TPSA) is 679 Å². The summed E-state index contributed by atoms with van der Waals surface area (Å²) in [6.07, 6.45) is 1.36. The molecule has 3 saturated heterocycles. The number of aliphatic carboxylic acids is 2. The maximum Gasteiger partial charge on any atom is 0.323 e. The zero-order valence-electron chi connectivity index (χ0n) is 77.9. The third kappa shape index (κ3) is 29.6. The number of aromatic amines is 1. The number of unbranched alkanes of at least 4 members (excludes halogenated alkanes) is 2.